The van der Waals surface area contributed by atoms with Crippen LogP contribution in [0.25, 0.3) is 0 Å². The summed E-state index contributed by atoms with van der Waals surface area (Å²) in [6.07, 6.45) is 5.07. The van der Waals surface area contributed by atoms with E-state index in [1.54, 1.807) is 24.7 Å². The van der Waals surface area contributed by atoms with E-state index < -0.39 is 10.8 Å². The summed E-state index contributed by atoms with van der Waals surface area (Å²) >= 11 is 12.5. The van der Waals surface area contributed by atoms with Crippen molar-refractivity contribution in [3.63, 3.8) is 0 Å². The molecule has 0 bridgehead atoms. The van der Waals surface area contributed by atoms with E-state index in [1.165, 1.54) is 0 Å². The van der Waals surface area contributed by atoms with Crippen molar-refractivity contribution in [2.24, 2.45) is 0 Å². The fourth-order valence-corrected chi connectivity index (χ4v) is 4.77. The van der Waals surface area contributed by atoms with Crippen LogP contribution in [0.15, 0.2) is 101 Å². The first-order chi connectivity index (χ1) is 15.1. The highest BCUT2D eigenvalue weighted by molar-refractivity contribution is 7.85. The number of hydrogen-bond acceptors (Lipinski definition) is 3. The van der Waals surface area contributed by atoms with Crippen LogP contribution >= 0.6 is 23.2 Å². The number of imidazole rings is 1. The van der Waals surface area contributed by atoms with Gasteiger partial charge in [0.15, 0.2) is 0 Å². The van der Waals surface area contributed by atoms with E-state index in [9.17, 15) is 4.21 Å². The maximum absolute atomic E-state index is 12.7. The van der Waals surface area contributed by atoms with Gasteiger partial charge in [-0.05, 0) is 42.0 Å². The Morgan fingerprint density at radius 2 is 1.71 bits per heavy atom. The standard InChI is InChI=1S/C24H20Cl2N2O2S/c25-19-8-11-22(23(26)14-19)24(15-28-13-12-27-17-28)30-16-18-6-9-21(10-7-18)31(29)20-4-2-1-3-5-20/h1-14,17,24H,15-16H2/t24-,31-/m0/s1. The third-order valence-corrected chi connectivity index (χ3v) is 6.75. The minimum absolute atomic E-state index is 0.280. The molecule has 1 heterocycles. The van der Waals surface area contributed by atoms with E-state index in [4.69, 9.17) is 27.9 Å². The van der Waals surface area contributed by atoms with E-state index in [2.05, 4.69) is 4.98 Å². The van der Waals surface area contributed by atoms with Gasteiger partial charge in [-0.15, -0.1) is 0 Å². The Labute approximate surface area is 193 Å². The molecular weight excluding hydrogens is 451 g/mol. The lowest BCUT2D eigenvalue weighted by Gasteiger charge is -2.20. The number of rotatable bonds is 8. The molecule has 1 aromatic heterocycles. The second kappa shape index (κ2) is 10.2. The predicted molar refractivity (Wildman–Crippen MR) is 124 cm³/mol. The molecule has 7 heteroatoms. The average Bonchev–Trinajstić information content (AvgIpc) is 3.31. The van der Waals surface area contributed by atoms with Gasteiger partial charge in [-0.1, -0.05) is 59.6 Å². The lowest BCUT2D eigenvalue weighted by molar-refractivity contribution is 0.0280. The fourth-order valence-electron chi connectivity index (χ4n) is 3.18. The summed E-state index contributed by atoms with van der Waals surface area (Å²) in [6.45, 7) is 0.952. The summed E-state index contributed by atoms with van der Waals surface area (Å²) < 4.78 is 20.9. The molecule has 4 rings (SSSR count). The minimum atomic E-state index is -1.21. The molecule has 0 spiro atoms. The molecular formula is C24H20Cl2N2O2S. The lowest BCUT2D eigenvalue weighted by atomic mass is 10.1. The van der Waals surface area contributed by atoms with Crippen LogP contribution in [0.3, 0.4) is 0 Å². The Balaban J connectivity index is 1.48. The predicted octanol–water partition coefficient (Wildman–Crippen LogP) is 6.31. The molecule has 0 radical (unpaired) electrons. The molecule has 4 aromatic rings. The zero-order chi connectivity index (χ0) is 21.6. The van der Waals surface area contributed by atoms with E-state index in [0.717, 1.165) is 20.9 Å². The first-order valence-corrected chi connectivity index (χ1v) is 11.6. The third kappa shape index (κ3) is 5.63. The van der Waals surface area contributed by atoms with E-state index in [-0.39, 0.29) is 6.10 Å². The quantitative estimate of drug-likeness (QED) is 0.302. The summed E-state index contributed by atoms with van der Waals surface area (Å²) in [4.78, 5) is 5.64. The maximum atomic E-state index is 12.7. The zero-order valence-corrected chi connectivity index (χ0v) is 18.9. The Kier molecular flexibility index (Phi) is 7.20. The van der Waals surface area contributed by atoms with Gasteiger partial charge in [0.25, 0.3) is 0 Å². The molecule has 0 fully saturated rings. The summed E-state index contributed by atoms with van der Waals surface area (Å²) in [5, 5.41) is 1.14. The van der Waals surface area contributed by atoms with Crippen LogP contribution in [-0.4, -0.2) is 13.8 Å². The minimum Gasteiger partial charge on any atom is -0.367 e. The summed E-state index contributed by atoms with van der Waals surface area (Å²) in [7, 11) is -1.21. The monoisotopic (exact) mass is 470 g/mol. The van der Waals surface area contributed by atoms with Crippen LogP contribution in [0.4, 0.5) is 0 Å². The maximum Gasteiger partial charge on any atom is 0.102 e. The van der Waals surface area contributed by atoms with Gasteiger partial charge >= 0.3 is 0 Å². The fraction of sp³-hybridized carbons (Fsp3) is 0.125. The molecule has 0 unspecified atom stereocenters. The molecule has 31 heavy (non-hydrogen) atoms. The van der Waals surface area contributed by atoms with Crippen LogP contribution in [-0.2, 0) is 28.7 Å². The first kappa shape index (κ1) is 21.8. The lowest BCUT2D eigenvalue weighted by Crippen LogP contribution is -2.12. The topological polar surface area (TPSA) is 44.1 Å². The second-order valence-corrected chi connectivity index (χ2v) is 9.27. The SMILES string of the molecule is O=[S@@](c1ccccc1)c1ccc(CO[C@@H](Cn2ccnc2)c2ccc(Cl)cc2Cl)cc1. The van der Waals surface area contributed by atoms with Gasteiger partial charge in [-0.3, -0.25) is 0 Å². The van der Waals surface area contributed by atoms with Crippen LogP contribution in [0, 0.1) is 0 Å². The number of nitrogens with zero attached hydrogens (tertiary/aromatic N) is 2. The van der Waals surface area contributed by atoms with Crippen LogP contribution < -0.4 is 0 Å². The molecule has 3 aromatic carbocycles. The van der Waals surface area contributed by atoms with Crippen molar-refractivity contribution in [3.05, 3.63) is 113 Å². The highest BCUT2D eigenvalue weighted by atomic mass is 35.5. The average molecular weight is 471 g/mol. The van der Waals surface area contributed by atoms with Crippen molar-refractivity contribution < 1.29 is 8.95 Å². The molecule has 0 amide bonds. The molecule has 0 aliphatic rings. The Hall–Kier alpha value is -2.44. The van der Waals surface area contributed by atoms with Gasteiger partial charge in [0.2, 0.25) is 0 Å². The van der Waals surface area contributed by atoms with Crippen LogP contribution in [0.2, 0.25) is 10.0 Å². The number of hydrogen-bond donors (Lipinski definition) is 0. The number of halogens is 2. The van der Waals surface area contributed by atoms with Crippen molar-refractivity contribution in [2.75, 3.05) is 0 Å². The smallest absolute Gasteiger partial charge is 0.102 e. The molecule has 0 N–H and O–H groups in total. The van der Waals surface area contributed by atoms with Gasteiger partial charge in [-0.25, -0.2) is 9.19 Å². The van der Waals surface area contributed by atoms with Crippen molar-refractivity contribution >= 4 is 34.0 Å². The van der Waals surface area contributed by atoms with E-state index in [0.29, 0.717) is 23.2 Å². The molecule has 158 valence electrons. The van der Waals surface area contributed by atoms with Crippen molar-refractivity contribution in [1.82, 2.24) is 9.55 Å². The summed E-state index contributed by atoms with van der Waals surface area (Å²) in [5.41, 5.74) is 1.84. The Morgan fingerprint density at radius 3 is 2.39 bits per heavy atom. The molecule has 2 atom stereocenters. The number of aromatic nitrogens is 2. The van der Waals surface area contributed by atoms with Crippen molar-refractivity contribution in [2.45, 2.75) is 29.0 Å². The molecule has 4 nitrogen and oxygen atoms in total. The van der Waals surface area contributed by atoms with Gasteiger partial charge < -0.3 is 9.30 Å². The molecule has 0 aliphatic carbocycles. The Bertz CT molecular complexity index is 1150. The molecule has 0 saturated carbocycles. The van der Waals surface area contributed by atoms with Crippen molar-refractivity contribution in [3.8, 4) is 0 Å². The normalized spacial score (nSPS) is 13.1. The van der Waals surface area contributed by atoms with Gasteiger partial charge in [0.1, 0.15) is 6.10 Å². The summed E-state index contributed by atoms with van der Waals surface area (Å²) in [5.74, 6) is 0. The number of benzene rings is 3. The Morgan fingerprint density at radius 1 is 0.968 bits per heavy atom. The number of ether oxygens (including phenoxy) is 1. The van der Waals surface area contributed by atoms with E-state index >= 15 is 0 Å². The second-order valence-electron chi connectivity index (χ2n) is 6.95. The van der Waals surface area contributed by atoms with Gasteiger partial charge in [-0.2, -0.15) is 0 Å². The van der Waals surface area contributed by atoms with Crippen molar-refractivity contribution in [1.29, 1.82) is 0 Å². The highest BCUT2D eigenvalue weighted by Gasteiger charge is 2.17. The van der Waals surface area contributed by atoms with Crippen LogP contribution in [0.1, 0.15) is 17.2 Å². The highest BCUT2D eigenvalue weighted by Crippen LogP contribution is 2.30. The molecule has 0 aliphatic heterocycles. The van der Waals surface area contributed by atoms with Gasteiger partial charge in [0.05, 0.1) is 30.3 Å². The molecule has 0 saturated heterocycles. The third-order valence-electron chi connectivity index (χ3n) is 4.79. The van der Waals surface area contributed by atoms with Gasteiger partial charge in [0, 0.05) is 37.8 Å². The van der Waals surface area contributed by atoms with Crippen LogP contribution in [0.5, 0.6) is 0 Å². The van der Waals surface area contributed by atoms with E-state index in [1.807, 2.05) is 71.4 Å². The largest absolute Gasteiger partial charge is 0.367 e. The zero-order valence-electron chi connectivity index (χ0n) is 16.5. The first-order valence-electron chi connectivity index (χ1n) is 9.68. The summed E-state index contributed by atoms with van der Waals surface area (Å²) in [6, 6.07) is 22.5.